The van der Waals surface area contributed by atoms with Gasteiger partial charge < -0.3 is 16.2 Å². The monoisotopic (exact) mass is 214 g/mol. The lowest BCUT2D eigenvalue weighted by atomic mass is 10.2. The minimum Gasteiger partial charge on any atom is -0.455 e. The predicted molar refractivity (Wildman–Crippen MR) is 66.5 cm³/mol. The fourth-order valence-corrected chi connectivity index (χ4v) is 1.47. The summed E-state index contributed by atoms with van der Waals surface area (Å²) in [5, 5.41) is 0. The van der Waals surface area contributed by atoms with Crippen LogP contribution in [0.4, 0.5) is 11.4 Å². The summed E-state index contributed by atoms with van der Waals surface area (Å²) in [6.07, 6.45) is 0. The molecule has 0 heterocycles. The fourth-order valence-electron chi connectivity index (χ4n) is 1.47. The fraction of sp³-hybridized carbons (Fsp3) is 0.0769. The van der Waals surface area contributed by atoms with Gasteiger partial charge in [-0.1, -0.05) is 12.1 Å². The normalized spacial score (nSPS) is 10.1. The van der Waals surface area contributed by atoms with Gasteiger partial charge in [-0.2, -0.15) is 0 Å². The number of nitrogen functional groups attached to an aromatic ring is 2. The molecule has 2 rings (SSSR count). The molecule has 2 aromatic carbocycles. The Morgan fingerprint density at radius 3 is 2.50 bits per heavy atom. The molecule has 2 aromatic rings. The minimum absolute atomic E-state index is 0.543. The molecule has 0 bridgehead atoms. The molecule has 0 aliphatic carbocycles. The van der Waals surface area contributed by atoms with Crippen molar-refractivity contribution in [2.24, 2.45) is 0 Å². The average Bonchev–Trinajstić information content (AvgIpc) is 2.22. The van der Waals surface area contributed by atoms with Gasteiger partial charge in [-0.25, -0.2) is 0 Å². The molecule has 82 valence electrons. The van der Waals surface area contributed by atoms with Crippen LogP contribution in [0.5, 0.6) is 11.5 Å². The van der Waals surface area contributed by atoms with Crippen LogP contribution in [0.3, 0.4) is 0 Å². The first-order valence-corrected chi connectivity index (χ1v) is 5.04. The molecule has 3 heteroatoms. The van der Waals surface area contributed by atoms with E-state index in [1.807, 2.05) is 31.2 Å². The van der Waals surface area contributed by atoms with Crippen molar-refractivity contribution in [1.82, 2.24) is 0 Å². The smallest absolute Gasteiger partial charge is 0.150 e. The van der Waals surface area contributed by atoms with Gasteiger partial charge in [0.2, 0.25) is 0 Å². The number of anilines is 2. The minimum atomic E-state index is 0.543. The zero-order valence-electron chi connectivity index (χ0n) is 9.10. The zero-order valence-corrected chi connectivity index (χ0v) is 9.10. The van der Waals surface area contributed by atoms with Crippen molar-refractivity contribution in [1.29, 1.82) is 0 Å². The van der Waals surface area contributed by atoms with E-state index in [4.69, 9.17) is 16.2 Å². The maximum absolute atomic E-state index is 5.80. The maximum Gasteiger partial charge on any atom is 0.150 e. The first kappa shape index (κ1) is 10.4. The molecule has 0 spiro atoms. The van der Waals surface area contributed by atoms with Gasteiger partial charge in [0, 0.05) is 5.69 Å². The van der Waals surface area contributed by atoms with E-state index in [-0.39, 0.29) is 0 Å². The summed E-state index contributed by atoms with van der Waals surface area (Å²) in [6, 6.07) is 13.0. The van der Waals surface area contributed by atoms with Gasteiger partial charge in [0.25, 0.3) is 0 Å². The third-order valence-electron chi connectivity index (χ3n) is 2.25. The molecule has 0 aliphatic rings. The van der Waals surface area contributed by atoms with Crippen LogP contribution in [0.25, 0.3) is 0 Å². The summed E-state index contributed by atoms with van der Waals surface area (Å²) in [7, 11) is 0. The van der Waals surface area contributed by atoms with Crippen LogP contribution >= 0.6 is 0 Å². The lowest BCUT2D eigenvalue weighted by Gasteiger charge is -2.09. The second-order valence-corrected chi connectivity index (χ2v) is 3.72. The van der Waals surface area contributed by atoms with Gasteiger partial charge in [-0.05, 0) is 42.8 Å². The highest BCUT2D eigenvalue weighted by Crippen LogP contribution is 2.29. The summed E-state index contributed by atoms with van der Waals surface area (Å²) in [5.74, 6) is 1.40. The lowest BCUT2D eigenvalue weighted by molar-refractivity contribution is 0.485. The molecule has 0 radical (unpaired) electrons. The largest absolute Gasteiger partial charge is 0.455 e. The SMILES string of the molecule is Cc1cccc(Oc2ccc(N)cc2N)c1. The number of hydrogen-bond acceptors (Lipinski definition) is 3. The number of aryl methyl sites for hydroxylation is 1. The van der Waals surface area contributed by atoms with Crippen LogP contribution in [-0.2, 0) is 0 Å². The van der Waals surface area contributed by atoms with Gasteiger partial charge in [0.15, 0.2) is 0 Å². The van der Waals surface area contributed by atoms with Gasteiger partial charge in [-0.3, -0.25) is 0 Å². The Morgan fingerprint density at radius 1 is 1.00 bits per heavy atom. The Hall–Kier alpha value is -2.16. The van der Waals surface area contributed by atoms with Gasteiger partial charge in [0.1, 0.15) is 11.5 Å². The highest BCUT2D eigenvalue weighted by Gasteiger charge is 2.02. The van der Waals surface area contributed by atoms with Crippen molar-refractivity contribution >= 4 is 11.4 Å². The average molecular weight is 214 g/mol. The molecular formula is C13H14N2O. The van der Waals surface area contributed by atoms with E-state index in [9.17, 15) is 0 Å². The van der Waals surface area contributed by atoms with Gasteiger partial charge in [-0.15, -0.1) is 0 Å². The molecular weight excluding hydrogens is 200 g/mol. The molecule has 0 saturated carbocycles. The second kappa shape index (κ2) is 4.14. The third kappa shape index (κ3) is 2.25. The van der Waals surface area contributed by atoms with Crippen LogP contribution in [-0.4, -0.2) is 0 Å². The Morgan fingerprint density at radius 2 is 1.81 bits per heavy atom. The Balaban J connectivity index is 2.27. The van der Waals surface area contributed by atoms with E-state index in [0.717, 1.165) is 11.3 Å². The first-order valence-electron chi connectivity index (χ1n) is 5.04. The van der Waals surface area contributed by atoms with Crippen molar-refractivity contribution in [3.05, 3.63) is 48.0 Å². The van der Waals surface area contributed by atoms with Gasteiger partial charge in [0.05, 0.1) is 5.69 Å². The Kier molecular flexibility index (Phi) is 2.68. The zero-order chi connectivity index (χ0) is 11.5. The van der Waals surface area contributed by atoms with Crippen LogP contribution in [0.15, 0.2) is 42.5 Å². The molecule has 3 nitrogen and oxygen atoms in total. The van der Waals surface area contributed by atoms with Crippen molar-refractivity contribution in [3.63, 3.8) is 0 Å². The quantitative estimate of drug-likeness (QED) is 0.755. The number of hydrogen-bond donors (Lipinski definition) is 2. The topological polar surface area (TPSA) is 61.3 Å². The Bertz CT molecular complexity index is 509. The van der Waals surface area contributed by atoms with E-state index in [2.05, 4.69) is 0 Å². The highest BCUT2D eigenvalue weighted by atomic mass is 16.5. The van der Waals surface area contributed by atoms with E-state index in [1.165, 1.54) is 0 Å². The number of ether oxygens (including phenoxy) is 1. The standard InChI is InChI=1S/C13H14N2O/c1-9-3-2-4-11(7-9)16-13-6-5-10(14)8-12(13)15/h2-8H,14-15H2,1H3. The van der Waals surface area contributed by atoms with Crippen LogP contribution in [0.2, 0.25) is 0 Å². The first-order chi connectivity index (χ1) is 7.65. The number of nitrogens with two attached hydrogens (primary N) is 2. The molecule has 0 fully saturated rings. The molecule has 0 amide bonds. The van der Waals surface area contributed by atoms with Crippen LogP contribution < -0.4 is 16.2 Å². The summed E-state index contributed by atoms with van der Waals surface area (Å²) in [5.41, 5.74) is 13.7. The van der Waals surface area contributed by atoms with E-state index in [0.29, 0.717) is 17.1 Å². The van der Waals surface area contributed by atoms with E-state index in [1.54, 1.807) is 18.2 Å². The van der Waals surface area contributed by atoms with Crippen LogP contribution in [0.1, 0.15) is 5.56 Å². The summed E-state index contributed by atoms with van der Waals surface area (Å²) in [6.45, 7) is 2.01. The molecule has 16 heavy (non-hydrogen) atoms. The molecule has 4 N–H and O–H groups in total. The summed E-state index contributed by atoms with van der Waals surface area (Å²) in [4.78, 5) is 0. The Labute approximate surface area is 94.6 Å². The van der Waals surface area contributed by atoms with Crippen molar-refractivity contribution in [2.45, 2.75) is 6.92 Å². The molecule has 0 saturated heterocycles. The predicted octanol–water partition coefficient (Wildman–Crippen LogP) is 2.95. The van der Waals surface area contributed by atoms with Crippen LogP contribution in [0, 0.1) is 6.92 Å². The highest BCUT2D eigenvalue weighted by molar-refractivity contribution is 5.61. The number of rotatable bonds is 2. The van der Waals surface area contributed by atoms with Crippen molar-refractivity contribution in [2.75, 3.05) is 11.5 Å². The molecule has 0 atom stereocenters. The maximum atomic E-state index is 5.80. The molecule has 0 unspecified atom stereocenters. The van der Waals surface area contributed by atoms with E-state index < -0.39 is 0 Å². The third-order valence-corrected chi connectivity index (χ3v) is 2.25. The lowest BCUT2D eigenvalue weighted by Crippen LogP contribution is -1.94. The van der Waals surface area contributed by atoms with Crippen molar-refractivity contribution < 1.29 is 4.74 Å². The van der Waals surface area contributed by atoms with Gasteiger partial charge >= 0.3 is 0 Å². The number of benzene rings is 2. The summed E-state index contributed by atoms with van der Waals surface area (Å²) < 4.78 is 5.66. The molecule has 0 aromatic heterocycles. The summed E-state index contributed by atoms with van der Waals surface area (Å²) >= 11 is 0. The second-order valence-electron chi connectivity index (χ2n) is 3.72. The van der Waals surface area contributed by atoms with E-state index >= 15 is 0 Å². The molecule has 0 aliphatic heterocycles. The van der Waals surface area contributed by atoms with Crippen molar-refractivity contribution in [3.8, 4) is 11.5 Å².